The van der Waals surface area contributed by atoms with E-state index in [9.17, 15) is 9.59 Å². The average Bonchev–Trinajstić information content (AvgIpc) is 2.72. The number of aromatic nitrogens is 1. The molecule has 148 valence electrons. The summed E-state index contributed by atoms with van der Waals surface area (Å²) in [5.74, 6) is -0.492. The van der Waals surface area contributed by atoms with E-state index < -0.39 is 0 Å². The lowest BCUT2D eigenvalue weighted by Crippen LogP contribution is -2.40. The van der Waals surface area contributed by atoms with Crippen molar-refractivity contribution >= 4 is 17.5 Å². The van der Waals surface area contributed by atoms with Crippen LogP contribution in [0.4, 0.5) is 5.69 Å². The number of amides is 2. The predicted molar refractivity (Wildman–Crippen MR) is 115 cm³/mol. The van der Waals surface area contributed by atoms with Crippen LogP contribution in [0.25, 0.3) is 0 Å². The molecule has 0 atom stereocenters. The Hall–Kier alpha value is -3.47. The van der Waals surface area contributed by atoms with Crippen molar-refractivity contribution in [3.05, 3.63) is 95.8 Å². The third kappa shape index (κ3) is 5.51. The van der Waals surface area contributed by atoms with Crippen LogP contribution in [-0.4, -0.2) is 22.3 Å². The molecule has 3 rings (SSSR count). The van der Waals surface area contributed by atoms with Gasteiger partial charge in [0.25, 0.3) is 11.8 Å². The highest BCUT2D eigenvalue weighted by atomic mass is 16.2. The molecule has 0 saturated carbocycles. The molecule has 1 N–H and O–H groups in total. The van der Waals surface area contributed by atoms with Crippen molar-refractivity contribution in [2.24, 2.45) is 0 Å². The smallest absolute Gasteiger partial charge is 0.277 e. The molecule has 0 unspecified atom stereocenters. The first-order valence-electron chi connectivity index (χ1n) is 9.53. The highest BCUT2D eigenvalue weighted by Gasteiger charge is 2.22. The van der Waals surface area contributed by atoms with E-state index in [1.165, 1.54) is 6.20 Å². The summed E-state index contributed by atoms with van der Waals surface area (Å²) in [6, 6.07) is 22.4. The van der Waals surface area contributed by atoms with E-state index in [1.54, 1.807) is 17.0 Å². The summed E-state index contributed by atoms with van der Waals surface area (Å²) in [4.78, 5) is 31.7. The minimum atomic E-state index is -0.367. The van der Waals surface area contributed by atoms with Gasteiger partial charge in [0.15, 0.2) is 0 Å². The maximum absolute atomic E-state index is 13.3. The van der Waals surface area contributed by atoms with Crippen molar-refractivity contribution in [3.63, 3.8) is 0 Å². The fourth-order valence-corrected chi connectivity index (χ4v) is 2.89. The monoisotopic (exact) mass is 387 g/mol. The standard InChI is InChI=1S/C24H25N3O2/c1-24(2,3)26-22(28)19-14-15-25-21(16-19)23(29)27(20-12-8-5-9-13-20)17-18-10-6-4-7-11-18/h4-16H,17H2,1-3H3,(H,26,28). The molecule has 0 fully saturated rings. The number of carbonyl (C=O) groups is 2. The molecule has 0 aliphatic carbocycles. The summed E-state index contributed by atoms with van der Waals surface area (Å²) in [5.41, 5.74) is 2.05. The Balaban J connectivity index is 1.92. The number of hydrogen-bond acceptors (Lipinski definition) is 3. The molecule has 2 amide bonds. The normalized spacial score (nSPS) is 11.0. The first kappa shape index (κ1) is 20.3. The number of benzene rings is 2. The lowest BCUT2D eigenvalue weighted by Gasteiger charge is -2.23. The molecule has 0 aliphatic rings. The Morgan fingerprint density at radius 2 is 1.55 bits per heavy atom. The van der Waals surface area contributed by atoms with Crippen LogP contribution in [0.15, 0.2) is 79.0 Å². The zero-order valence-electron chi connectivity index (χ0n) is 16.9. The van der Waals surface area contributed by atoms with Crippen molar-refractivity contribution in [3.8, 4) is 0 Å². The van der Waals surface area contributed by atoms with Crippen LogP contribution in [0.1, 0.15) is 47.2 Å². The van der Waals surface area contributed by atoms with Gasteiger partial charge in [-0.2, -0.15) is 0 Å². The van der Waals surface area contributed by atoms with Crippen LogP contribution < -0.4 is 10.2 Å². The second-order valence-electron chi connectivity index (χ2n) is 7.85. The Bertz CT molecular complexity index is 980. The minimum absolute atomic E-state index is 0.228. The Kier molecular flexibility index (Phi) is 6.07. The van der Waals surface area contributed by atoms with E-state index in [0.29, 0.717) is 12.1 Å². The first-order valence-corrected chi connectivity index (χ1v) is 9.53. The second-order valence-corrected chi connectivity index (χ2v) is 7.85. The SMILES string of the molecule is CC(C)(C)NC(=O)c1ccnc(C(=O)N(Cc2ccccc2)c2ccccc2)c1. The predicted octanol–water partition coefficient (Wildman–Crippen LogP) is 4.46. The van der Waals surface area contributed by atoms with Gasteiger partial charge in [-0.3, -0.25) is 14.6 Å². The summed E-state index contributed by atoms with van der Waals surface area (Å²) < 4.78 is 0. The molecule has 5 nitrogen and oxygen atoms in total. The van der Waals surface area contributed by atoms with Crippen LogP contribution in [0.2, 0.25) is 0 Å². The summed E-state index contributed by atoms with van der Waals surface area (Å²) in [5, 5.41) is 2.91. The molecule has 0 saturated heterocycles. The van der Waals surface area contributed by atoms with Crippen LogP contribution >= 0.6 is 0 Å². The summed E-state index contributed by atoms with van der Waals surface area (Å²) in [6.45, 7) is 6.14. The van der Waals surface area contributed by atoms with Crippen molar-refractivity contribution in [2.45, 2.75) is 32.9 Å². The Morgan fingerprint density at radius 3 is 2.17 bits per heavy atom. The van der Waals surface area contributed by atoms with E-state index >= 15 is 0 Å². The second kappa shape index (κ2) is 8.69. The fraction of sp³-hybridized carbons (Fsp3) is 0.208. The van der Waals surface area contributed by atoms with Crippen molar-refractivity contribution in [2.75, 3.05) is 4.90 Å². The molecule has 29 heavy (non-hydrogen) atoms. The number of pyridine rings is 1. The fourth-order valence-electron chi connectivity index (χ4n) is 2.89. The van der Waals surface area contributed by atoms with Crippen molar-refractivity contribution in [1.29, 1.82) is 0 Å². The lowest BCUT2D eigenvalue weighted by molar-refractivity contribution is 0.0919. The number of hydrogen-bond donors (Lipinski definition) is 1. The highest BCUT2D eigenvalue weighted by Crippen LogP contribution is 2.20. The maximum Gasteiger partial charge on any atom is 0.277 e. The number of nitrogens with one attached hydrogen (secondary N) is 1. The third-order valence-corrected chi connectivity index (χ3v) is 4.23. The lowest BCUT2D eigenvalue weighted by atomic mass is 10.1. The molecule has 2 aromatic carbocycles. The van der Waals surface area contributed by atoms with Crippen LogP contribution in [0.3, 0.4) is 0 Å². The molecule has 1 aromatic heterocycles. The summed E-state index contributed by atoms with van der Waals surface area (Å²) in [7, 11) is 0. The van der Waals surface area contributed by atoms with Crippen LogP contribution in [0.5, 0.6) is 0 Å². The maximum atomic E-state index is 13.3. The zero-order valence-corrected chi connectivity index (χ0v) is 16.9. The molecule has 0 spiro atoms. The summed E-state index contributed by atoms with van der Waals surface area (Å²) in [6.07, 6.45) is 1.50. The number of para-hydroxylation sites is 1. The molecule has 5 heteroatoms. The quantitative estimate of drug-likeness (QED) is 0.703. The molecular weight excluding hydrogens is 362 g/mol. The molecule has 0 aliphatic heterocycles. The van der Waals surface area contributed by atoms with Gasteiger partial charge in [-0.05, 0) is 50.6 Å². The van der Waals surface area contributed by atoms with Gasteiger partial charge in [0.1, 0.15) is 5.69 Å². The molecule has 1 heterocycles. The number of carbonyl (C=O) groups excluding carboxylic acids is 2. The summed E-state index contributed by atoms with van der Waals surface area (Å²) >= 11 is 0. The van der Waals surface area contributed by atoms with Gasteiger partial charge in [0.2, 0.25) is 0 Å². The Labute approximate surface area is 171 Å². The van der Waals surface area contributed by atoms with E-state index in [1.807, 2.05) is 81.4 Å². The van der Waals surface area contributed by atoms with Gasteiger partial charge in [0, 0.05) is 23.0 Å². The minimum Gasteiger partial charge on any atom is -0.347 e. The van der Waals surface area contributed by atoms with E-state index in [0.717, 1.165) is 11.3 Å². The topological polar surface area (TPSA) is 62.3 Å². The van der Waals surface area contributed by atoms with Gasteiger partial charge < -0.3 is 10.2 Å². The van der Waals surface area contributed by atoms with Gasteiger partial charge in [-0.25, -0.2) is 0 Å². The van der Waals surface area contributed by atoms with E-state index in [4.69, 9.17) is 0 Å². The van der Waals surface area contributed by atoms with Gasteiger partial charge in [-0.15, -0.1) is 0 Å². The molecular formula is C24H25N3O2. The van der Waals surface area contributed by atoms with Crippen molar-refractivity contribution in [1.82, 2.24) is 10.3 Å². The zero-order chi connectivity index (χ0) is 20.9. The van der Waals surface area contributed by atoms with Crippen LogP contribution in [0, 0.1) is 0 Å². The molecule has 3 aromatic rings. The van der Waals surface area contributed by atoms with Crippen LogP contribution in [-0.2, 0) is 6.54 Å². The van der Waals surface area contributed by atoms with E-state index in [2.05, 4.69) is 10.3 Å². The van der Waals surface area contributed by atoms with Gasteiger partial charge in [-0.1, -0.05) is 48.5 Å². The van der Waals surface area contributed by atoms with E-state index in [-0.39, 0.29) is 23.0 Å². The molecule has 0 bridgehead atoms. The third-order valence-electron chi connectivity index (χ3n) is 4.23. The van der Waals surface area contributed by atoms with Gasteiger partial charge in [0.05, 0.1) is 6.54 Å². The highest BCUT2D eigenvalue weighted by molar-refractivity contribution is 6.06. The average molecular weight is 387 g/mol. The van der Waals surface area contributed by atoms with Gasteiger partial charge >= 0.3 is 0 Å². The number of anilines is 1. The first-order chi connectivity index (χ1) is 13.8. The number of rotatable bonds is 5. The van der Waals surface area contributed by atoms with Crippen molar-refractivity contribution < 1.29 is 9.59 Å². The molecule has 0 radical (unpaired) electrons. The Morgan fingerprint density at radius 1 is 0.931 bits per heavy atom. The largest absolute Gasteiger partial charge is 0.347 e. The number of nitrogens with zero attached hydrogens (tertiary/aromatic N) is 2.